The Morgan fingerprint density at radius 1 is 1.42 bits per heavy atom. The van der Waals surface area contributed by atoms with Crippen LogP contribution < -0.4 is 21.3 Å². The summed E-state index contributed by atoms with van der Waals surface area (Å²) in [6, 6.07) is 7.85. The quantitative estimate of drug-likeness (QED) is 0.754. The highest BCUT2D eigenvalue weighted by molar-refractivity contribution is 5.60. The van der Waals surface area contributed by atoms with E-state index in [0.29, 0.717) is 12.4 Å². The molecule has 1 aromatic carbocycles. The van der Waals surface area contributed by atoms with E-state index in [1.54, 1.807) is 0 Å². The van der Waals surface area contributed by atoms with Gasteiger partial charge in [0, 0.05) is 12.0 Å². The van der Waals surface area contributed by atoms with Gasteiger partial charge in [0.25, 0.3) is 5.56 Å². The van der Waals surface area contributed by atoms with E-state index < -0.39 is 0 Å². The van der Waals surface area contributed by atoms with Crippen LogP contribution in [0.15, 0.2) is 35.4 Å². The maximum Gasteiger partial charge on any atom is 0.276 e. The van der Waals surface area contributed by atoms with Gasteiger partial charge in [0.05, 0.1) is 19.0 Å². The topological polar surface area (TPSA) is 93.0 Å². The van der Waals surface area contributed by atoms with E-state index >= 15 is 0 Å². The van der Waals surface area contributed by atoms with Crippen LogP contribution in [0.5, 0.6) is 5.75 Å². The Bertz CT molecular complexity index is 653. The third-order valence-electron chi connectivity index (χ3n) is 3.16. The summed E-state index contributed by atoms with van der Waals surface area (Å²) in [5.41, 5.74) is 6.54. The molecule has 0 saturated heterocycles. The molecule has 0 saturated carbocycles. The molecular formula is C13H14N4O2. The Morgan fingerprint density at radius 2 is 2.26 bits per heavy atom. The number of fused-ring (bicyclic) bond motifs is 1. The van der Waals surface area contributed by atoms with Crippen LogP contribution in [0.3, 0.4) is 0 Å². The van der Waals surface area contributed by atoms with Gasteiger partial charge in [-0.3, -0.25) is 4.79 Å². The van der Waals surface area contributed by atoms with Crippen LogP contribution in [-0.2, 0) is 0 Å². The number of nitrogens with two attached hydrogens (primary N) is 1. The number of nitrogens with one attached hydrogen (secondary N) is 2. The Kier molecular flexibility index (Phi) is 2.83. The lowest BCUT2D eigenvalue weighted by Gasteiger charge is -2.27. The fraction of sp³-hybridized carbons (Fsp3) is 0.231. The monoisotopic (exact) mass is 258 g/mol. The van der Waals surface area contributed by atoms with Crippen molar-refractivity contribution in [2.75, 3.05) is 17.7 Å². The van der Waals surface area contributed by atoms with E-state index in [9.17, 15) is 4.79 Å². The molecule has 1 unspecified atom stereocenters. The van der Waals surface area contributed by atoms with E-state index in [0.717, 1.165) is 17.7 Å². The molecule has 1 atom stereocenters. The van der Waals surface area contributed by atoms with Crippen molar-refractivity contribution in [3.05, 3.63) is 46.5 Å². The standard InChI is InChI=1S/C13H14N4O2/c14-11-12(15-7-16-13(11)18)17-9-5-6-19-10-4-2-1-3-8(9)10/h1-4,7,9H,5-6,14H2,(H2,15,16,17,18). The van der Waals surface area contributed by atoms with E-state index in [2.05, 4.69) is 15.3 Å². The fourth-order valence-corrected chi connectivity index (χ4v) is 2.18. The second-order valence-corrected chi connectivity index (χ2v) is 4.37. The molecule has 0 radical (unpaired) electrons. The van der Waals surface area contributed by atoms with E-state index in [1.807, 2.05) is 24.3 Å². The molecule has 4 N–H and O–H groups in total. The summed E-state index contributed by atoms with van der Waals surface area (Å²) in [5, 5.41) is 3.21. The number of benzene rings is 1. The largest absolute Gasteiger partial charge is 0.493 e. The molecule has 0 amide bonds. The van der Waals surface area contributed by atoms with Crippen LogP contribution in [0, 0.1) is 0 Å². The molecule has 3 rings (SSSR count). The Labute approximate surface area is 109 Å². The first-order chi connectivity index (χ1) is 9.25. The second kappa shape index (κ2) is 4.64. The van der Waals surface area contributed by atoms with E-state index in [-0.39, 0.29) is 17.3 Å². The van der Waals surface area contributed by atoms with Gasteiger partial charge in [-0.2, -0.15) is 0 Å². The average molecular weight is 258 g/mol. The van der Waals surface area contributed by atoms with Gasteiger partial charge in [-0.05, 0) is 6.07 Å². The molecule has 1 aromatic heterocycles. The van der Waals surface area contributed by atoms with Crippen LogP contribution in [0.25, 0.3) is 0 Å². The number of hydrogen-bond acceptors (Lipinski definition) is 5. The Hall–Kier alpha value is -2.50. The highest BCUT2D eigenvalue weighted by Crippen LogP contribution is 2.33. The van der Waals surface area contributed by atoms with Crippen molar-refractivity contribution in [3.8, 4) is 5.75 Å². The summed E-state index contributed by atoms with van der Waals surface area (Å²) in [6.07, 6.45) is 2.14. The molecule has 1 aliphatic heterocycles. The highest BCUT2D eigenvalue weighted by atomic mass is 16.5. The summed E-state index contributed by atoms with van der Waals surface area (Å²) in [7, 11) is 0. The van der Waals surface area contributed by atoms with Crippen molar-refractivity contribution in [2.24, 2.45) is 0 Å². The first-order valence-corrected chi connectivity index (χ1v) is 6.07. The number of ether oxygens (including phenoxy) is 1. The lowest BCUT2D eigenvalue weighted by Crippen LogP contribution is -2.23. The smallest absolute Gasteiger partial charge is 0.276 e. The third kappa shape index (κ3) is 2.12. The first-order valence-electron chi connectivity index (χ1n) is 6.07. The molecule has 6 heteroatoms. The number of H-pyrrole nitrogens is 1. The number of aromatic nitrogens is 2. The number of hydrogen-bond donors (Lipinski definition) is 3. The molecule has 98 valence electrons. The van der Waals surface area contributed by atoms with Gasteiger partial charge >= 0.3 is 0 Å². The summed E-state index contributed by atoms with van der Waals surface area (Å²) in [6.45, 7) is 0.623. The minimum Gasteiger partial charge on any atom is -0.493 e. The number of para-hydroxylation sites is 1. The molecule has 2 aromatic rings. The first kappa shape index (κ1) is 11.6. The molecule has 0 spiro atoms. The normalized spacial score (nSPS) is 17.4. The van der Waals surface area contributed by atoms with Gasteiger partial charge in [0.15, 0.2) is 5.82 Å². The molecule has 1 aliphatic rings. The van der Waals surface area contributed by atoms with Gasteiger partial charge in [-0.15, -0.1) is 0 Å². The molecular weight excluding hydrogens is 244 g/mol. The number of nitrogens with zero attached hydrogens (tertiary/aromatic N) is 1. The Morgan fingerprint density at radius 3 is 3.16 bits per heavy atom. The summed E-state index contributed by atoms with van der Waals surface area (Å²) in [4.78, 5) is 18.0. The summed E-state index contributed by atoms with van der Waals surface area (Å²) < 4.78 is 5.59. The van der Waals surface area contributed by atoms with Crippen molar-refractivity contribution in [1.29, 1.82) is 0 Å². The summed E-state index contributed by atoms with van der Waals surface area (Å²) in [5.74, 6) is 1.26. The van der Waals surface area contributed by atoms with Crippen LogP contribution in [-0.4, -0.2) is 16.6 Å². The van der Waals surface area contributed by atoms with Gasteiger partial charge in [-0.25, -0.2) is 4.98 Å². The minimum absolute atomic E-state index is 0.0431. The van der Waals surface area contributed by atoms with Gasteiger partial charge in [0.2, 0.25) is 0 Å². The predicted molar refractivity (Wildman–Crippen MR) is 72.2 cm³/mol. The number of rotatable bonds is 2. The van der Waals surface area contributed by atoms with Crippen molar-refractivity contribution in [1.82, 2.24) is 9.97 Å². The lowest BCUT2D eigenvalue weighted by molar-refractivity contribution is 0.274. The predicted octanol–water partition coefficient (Wildman–Crippen LogP) is 1.29. The number of nitrogen functional groups attached to an aromatic ring is 1. The van der Waals surface area contributed by atoms with Crippen molar-refractivity contribution in [2.45, 2.75) is 12.5 Å². The molecule has 0 aliphatic carbocycles. The van der Waals surface area contributed by atoms with Crippen molar-refractivity contribution in [3.63, 3.8) is 0 Å². The second-order valence-electron chi connectivity index (χ2n) is 4.37. The van der Waals surface area contributed by atoms with E-state index in [4.69, 9.17) is 10.5 Å². The SMILES string of the molecule is Nc1c(NC2CCOc3ccccc32)nc[nH]c1=O. The number of anilines is 2. The van der Waals surface area contributed by atoms with Crippen molar-refractivity contribution < 1.29 is 4.74 Å². The van der Waals surface area contributed by atoms with Gasteiger partial charge in [-0.1, -0.05) is 18.2 Å². The minimum atomic E-state index is -0.335. The zero-order valence-electron chi connectivity index (χ0n) is 10.2. The Balaban J connectivity index is 1.93. The van der Waals surface area contributed by atoms with Crippen molar-refractivity contribution >= 4 is 11.5 Å². The highest BCUT2D eigenvalue weighted by Gasteiger charge is 2.22. The zero-order chi connectivity index (χ0) is 13.2. The van der Waals surface area contributed by atoms with Crippen LogP contribution in [0.1, 0.15) is 18.0 Å². The fourth-order valence-electron chi connectivity index (χ4n) is 2.18. The van der Waals surface area contributed by atoms with Crippen LogP contribution >= 0.6 is 0 Å². The maximum atomic E-state index is 11.4. The average Bonchev–Trinajstić information content (AvgIpc) is 2.44. The summed E-state index contributed by atoms with van der Waals surface area (Å²) >= 11 is 0. The molecule has 6 nitrogen and oxygen atoms in total. The van der Waals surface area contributed by atoms with E-state index in [1.165, 1.54) is 6.33 Å². The molecule has 0 fully saturated rings. The molecule has 2 heterocycles. The molecule has 19 heavy (non-hydrogen) atoms. The van der Waals surface area contributed by atoms with Crippen LogP contribution in [0.2, 0.25) is 0 Å². The lowest BCUT2D eigenvalue weighted by atomic mass is 10.0. The van der Waals surface area contributed by atoms with Crippen LogP contribution in [0.4, 0.5) is 11.5 Å². The molecule has 0 bridgehead atoms. The zero-order valence-corrected chi connectivity index (χ0v) is 10.2. The third-order valence-corrected chi connectivity index (χ3v) is 3.16. The number of aromatic amines is 1. The van der Waals surface area contributed by atoms with Gasteiger partial charge in [0.1, 0.15) is 11.4 Å². The maximum absolute atomic E-state index is 11.4. The van der Waals surface area contributed by atoms with Gasteiger partial charge < -0.3 is 20.8 Å².